The number of aromatic nitrogens is 2. The largest absolute Gasteiger partial charge is 0.390 e. The minimum absolute atomic E-state index is 0.0321. The van der Waals surface area contributed by atoms with Gasteiger partial charge in [-0.05, 0) is 20.8 Å². The molecule has 0 amide bonds. The van der Waals surface area contributed by atoms with Crippen LogP contribution in [0.15, 0.2) is 35.7 Å². The number of aryl methyl sites for hydroxylation is 1. The third-order valence-electron chi connectivity index (χ3n) is 3.21. The van der Waals surface area contributed by atoms with E-state index in [1.54, 1.807) is 24.0 Å². The van der Waals surface area contributed by atoms with Crippen molar-refractivity contribution in [3.8, 4) is 0 Å². The topological polar surface area (TPSA) is 56.5 Å². The zero-order chi connectivity index (χ0) is 15.2. The molecule has 0 saturated carbocycles. The molecule has 21 heavy (non-hydrogen) atoms. The summed E-state index contributed by atoms with van der Waals surface area (Å²) in [5, 5.41) is 4.27. The van der Waals surface area contributed by atoms with Gasteiger partial charge in [-0.3, -0.25) is 4.79 Å². The molecule has 0 saturated heterocycles. The summed E-state index contributed by atoms with van der Waals surface area (Å²) in [5.41, 5.74) is 2.71. The predicted molar refractivity (Wildman–Crippen MR) is 79.6 cm³/mol. The number of rotatable bonds is 1. The van der Waals surface area contributed by atoms with Gasteiger partial charge in [0.25, 0.3) is 0 Å². The van der Waals surface area contributed by atoms with Crippen molar-refractivity contribution in [2.45, 2.75) is 26.4 Å². The van der Waals surface area contributed by atoms with Crippen molar-refractivity contribution in [1.82, 2.24) is 9.55 Å². The lowest BCUT2D eigenvalue weighted by atomic mass is 9.89. The molecule has 5 nitrogen and oxygen atoms in total. The van der Waals surface area contributed by atoms with E-state index in [2.05, 4.69) is 10.1 Å². The average Bonchev–Trinajstić information content (AvgIpc) is 2.80. The first-order chi connectivity index (χ1) is 9.88. The van der Waals surface area contributed by atoms with E-state index in [9.17, 15) is 4.79 Å². The highest BCUT2D eigenvalue weighted by Gasteiger charge is 2.32. The molecule has 0 spiro atoms. The van der Waals surface area contributed by atoms with Gasteiger partial charge in [-0.1, -0.05) is 29.4 Å². The lowest BCUT2D eigenvalue weighted by molar-refractivity contribution is 0.00112. The van der Waals surface area contributed by atoms with Crippen LogP contribution in [0.5, 0.6) is 0 Å². The number of benzene rings is 1. The molecule has 1 heterocycles. The third kappa shape index (κ3) is 2.24. The maximum Gasteiger partial charge on any atom is 0.212 e. The minimum atomic E-state index is -0.404. The molecule has 0 bridgehead atoms. The number of fused-ring (bicyclic) bond motifs is 2. The molecule has 0 unspecified atom stereocenters. The van der Waals surface area contributed by atoms with Crippen molar-refractivity contribution >= 4 is 11.5 Å². The first kappa shape index (κ1) is 13.5. The van der Waals surface area contributed by atoms with Gasteiger partial charge >= 0.3 is 0 Å². The van der Waals surface area contributed by atoms with Gasteiger partial charge in [0, 0.05) is 18.2 Å². The van der Waals surface area contributed by atoms with Crippen LogP contribution in [0, 0.1) is 0 Å². The first-order valence-electron chi connectivity index (χ1n) is 6.80. The lowest BCUT2D eigenvalue weighted by Gasteiger charge is -2.20. The first-order valence-corrected chi connectivity index (χ1v) is 6.80. The van der Waals surface area contributed by atoms with Crippen LogP contribution in [0.3, 0.4) is 0 Å². The Balaban J connectivity index is 2.21. The zero-order valence-corrected chi connectivity index (χ0v) is 12.5. The van der Waals surface area contributed by atoms with E-state index in [0.717, 1.165) is 5.56 Å². The van der Waals surface area contributed by atoms with Gasteiger partial charge in [0.2, 0.25) is 5.78 Å². The summed E-state index contributed by atoms with van der Waals surface area (Å²) in [6, 6.07) is 7.41. The van der Waals surface area contributed by atoms with Crippen LogP contribution >= 0.6 is 0 Å². The van der Waals surface area contributed by atoms with Gasteiger partial charge in [0.1, 0.15) is 22.7 Å². The molecule has 0 aliphatic heterocycles. The van der Waals surface area contributed by atoms with Gasteiger partial charge in [-0.25, -0.2) is 4.98 Å². The second-order valence-electron chi connectivity index (χ2n) is 6.07. The molecular formula is C16H17N3O2. The summed E-state index contributed by atoms with van der Waals surface area (Å²) in [4.78, 5) is 22.5. The Labute approximate surface area is 123 Å². The maximum absolute atomic E-state index is 12.6. The Morgan fingerprint density at radius 2 is 1.86 bits per heavy atom. The maximum atomic E-state index is 12.6. The SMILES string of the molecule is Cn1cnc2c1C(=O)c1ccccc1/C2=N/OC(C)(C)C. The fourth-order valence-electron chi connectivity index (χ4n) is 2.29. The fraction of sp³-hybridized carbons (Fsp3) is 0.312. The van der Waals surface area contributed by atoms with Crippen molar-refractivity contribution in [2.24, 2.45) is 12.2 Å². The minimum Gasteiger partial charge on any atom is -0.390 e. The highest BCUT2D eigenvalue weighted by molar-refractivity contribution is 6.28. The second kappa shape index (κ2) is 4.55. The quantitative estimate of drug-likeness (QED) is 0.645. The van der Waals surface area contributed by atoms with E-state index in [1.807, 2.05) is 39.0 Å². The van der Waals surface area contributed by atoms with Crippen LogP contribution in [0.2, 0.25) is 0 Å². The molecule has 0 N–H and O–H groups in total. The molecule has 0 fully saturated rings. The number of carbonyl (C=O) groups is 1. The third-order valence-corrected chi connectivity index (χ3v) is 3.21. The Hall–Kier alpha value is -2.43. The van der Waals surface area contributed by atoms with E-state index >= 15 is 0 Å². The van der Waals surface area contributed by atoms with Crippen molar-refractivity contribution in [1.29, 1.82) is 0 Å². The lowest BCUT2D eigenvalue weighted by Crippen LogP contribution is -2.25. The summed E-state index contributed by atoms with van der Waals surface area (Å²) < 4.78 is 1.72. The van der Waals surface area contributed by atoms with E-state index in [4.69, 9.17) is 4.84 Å². The standard InChI is InChI=1S/C16H17N3O2/c1-16(2,3)21-18-12-10-7-5-6-8-11(10)15(20)14-13(12)17-9-19(14)4/h5-9H,1-4H3/b18-12-. The van der Waals surface area contributed by atoms with Crippen molar-refractivity contribution < 1.29 is 9.63 Å². The van der Waals surface area contributed by atoms with Crippen LogP contribution < -0.4 is 0 Å². The van der Waals surface area contributed by atoms with Crippen molar-refractivity contribution in [3.63, 3.8) is 0 Å². The molecule has 108 valence electrons. The van der Waals surface area contributed by atoms with Crippen LogP contribution in [-0.4, -0.2) is 26.6 Å². The normalized spacial score (nSPS) is 15.8. The molecule has 1 aromatic carbocycles. The molecule has 2 aromatic rings. The van der Waals surface area contributed by atoms with Crippen LogP contribution in [0.25, 0.3) is 0 Å². The van der Waals surface area contributed by atoms with E-state index in [0.29, 0.717) is 22.7 Å². The molecule has 1 aromatic heterocycles. The molecule has 0 atom stereocenters. The monoisotopic (exact) mass is 283 g/mol. The summed E-state index contributed by atoms with van der Waals surface area (Å²) in [6.45, 7) is 5.78. The van der Waals surface area contributed by atoms with E-state index in [-0.39, 0.29) is 5.78 Å². The predicted octanol–water partition coefficient (Wildman–Crippen LogP) is 2.53. The Kier molecular flexibility index (Phi) is 2.93. The smallest absolute Gasteiger partial charge is 0.212 e. The molecule has 1 aliphatic carbocycles. The Morgan fingerprint density at radius 1 is 1.19 bits per heavy atom. The van der Waals surface area contributed by atoms with Crippen LogP contribution in [-0.2, 0) is 11.9 Å². The van der Waals surface area contributed by atoms with Gasteiger partial charge in [-0.2, -0.15) is 0 Å². The number of imidazole rings is 1. The number of hydrogen-bond acceptors (Lipinski definition) is 4. The number of nitrogens with zero attached hydrogens (tertiary/aromatic N) is 3. The van der Waals surface area contributed by atoms with Crippen LogP contribution in [0.4, 0.5) is 0 Å². The number of carbonyl (C=O) groups excluding carboxylic acids is 1. The van der Waals surface area contributed by atoms with Crippen LogP contribution in [0.1, 0.15) is 48.1 Å². The van der Waals surface area contributed by atoms with E-state index in [1.165, 1.54) is 0 Å². The Bertz CT molecular complexity index is 751. The van der Waals surface area contributed by atoms with Gasteiger partial charge < -0.3 is 9.40 Å². The molecule has 1 aliphatic rings. The second-order valence-corrected chi connectivity index (χ2v) is 6.07. The number of oxime groups is 1. The molecular weight excluding hydrogens is 266 g/mol. The van der Waals surface area contributed by atoms with Gasteiger partial charge in [0.15, 0.2) is 0 Å². The summed E-state index contributed by atoms with van der Waals surface area (Å²) in [7, 11) is 1.81. The van der Waals surface area contributed by atoms with Crippen molar-refractivity contribution in [3.05, 3.63) is 53.1 Å². The fourth-order valence-corrected chi connectivity index (χ4v) is 2.29. The van der Waals surface area contributed by atoms with E-state index < -0.39 is 5.60 Å². The number of hydrogen-bond donors (Lipinski definition) is 0. The summed E-state index contributed by atoms with van der Waals surface area (Å²) in [5.74, 6) is -0.0321. The number of ketones is 1. The highest BCUT2D eigenvalue weighted by Crippen LogP contribution is 2.27. The summed E-state index contributed by atoms with van der Waals surface area (Å²) >= 11 is 0. The molecule has 5 heteroatoms. The highest BCUT2D eigenvalue weighted by atomic mass is 16.6. The van der Waals surface area contributed by atoms with Gasteiger partial charge in [0.05, 0.1) is 6.33 Å². The molecule has 3 rings (SSSR count). The zero-order valence-electron chi connectivity index (χ0n) is 12.5. The average molecular weight is 283 g/mol. The summed E-state index contributed by atoms with van der Waals surface area (Å²) in [6.07, 6.45) is 1.63. The van der Waals surface area contributed by atoms with Gasteiger partial charge in [-0.15, -0.1) is 0 Å². The van der Waals surface area contributed by atoms with Crippen molar-refractivity contribution in [2.75, 3.05) is 0 Å². The Morgan fingerprint density at radius 3 is 2.52 bits per heavy atom. The molecule has 0 radical (unpaired) electrons.